The Hall–Kier alpha value is -3.20. The van der Waals surface area contributed by atoms with Crippen molar-refractivity contribution in [3.05, 3.63) is 95.3 Å². The number of hydrogen-bond donors (Lipinski definition) is 0. The second kappa shape index (κ2) is 5.54. The Balaban J connectivity index is 2.11. The van der Waals surface area contributed by atoms with Crippen molar-refractivity contribution in [1.82, 2.24) is 9.78 Å². The molecule has 109 valence electrons. The maximum Gasteiger partial charge on any atom is 0.279 e. The van der Waals surface area contributed by atoms with Crippen molar-refractivity contribution < 1.29 is 0 Å². The summed E-state index contributed by atoms with van der Waals surface area (Å²) in [4.78, 5) is 12.8. The van der Waals surface area contributed by atoms with E-state index < -0.39 is 0 Å². The number of rotatable bonds is 2. The minimum absolute atomic E-state index is 0.115. The van der Waals surface area contributed by atoms with E-state index in [-0.39, 0.29) is 5.56 Å². The van der Waals surface area contributed by atoms with Crippen LogP contribution in [0.5, 0.6) is 0 Å². The van der Waals surface area contributed by atoms with Crippen LogP contribution in [0.4, 0.5) is 0 Å². The fourth-order valence-electron chi connectivity index (χ4n) is 2.69. The minimum atomic E-state index is -0.115. The first-order chi connectivity index (χ1) is 11.3. The lowest BCUT2D eigenvalue weighted by Crippen LogP contribution is -2.22. The highest BCUT2D eigenvalue weighted by Gasteiger charge is 2.12. The van der Waals surface area contributed by atoms with Crippen molar-refractivity contribution in [2.45, 2.75) is 0 Å². The summed E-state index contributed by atoms with van der Waals surface area (Å²) >= 11 is 0. The fraction of sp³-hybridized carbons (Fsp3) is 0. The summed E-state index contributed by atoms with van der Waals surface area (Å²) in [5.74, 6) is 0. The van der Waals surface area contributed by atoms with E-state index in [1.165, 1.54) is 4.68 Å². The molecule has 1 heterocycles. The third-order valence-corrected chi connectivity index (χ3v) is 3.79. The Labute approximate surface area is 133 Å². The predicted molar refractivity (Wildman–Crippen MR) is 91.6 cm³/mol. The molecule has 0 aliphatic rings. The van der Waals surface area contributed by atoms with E-state index in [1.807, 2.05) is 78.9 Å². The van der Waals surface area contributed by atoms with Gasteiger partial charge in [0.25, 0.3) is 5.56 Å². The first kappa shape index (κ1) is 13.5. The van der Waals surface area contributed by atoms with Crippen LogP contribution < -0.4 is 5.56 Å². The average Bonchev–Trinajstić information content (AvgIpc) is 2.64. The van der Waals surface area contributed by atoms with E-state index in [0.29, 0.717) is 5.39 Å². The van der Waals surface area contributed by atoms with Crippen molar-refractivity contribution in [3.8, 4) is 16.9 Å². The molecule has 0 aliphatic heterocycles. The molecule has 0 N–H and O–H groups in total. The lowest BCUT2D eigenvalue weighted by Gasteiger charge is -2.11. The predicted octanol–water partition coefficient (Wildman–Crippen LogP) is 3.85. The van der Waals surface area contributed by atoms with E-state index in [2.05, 4.69) is 11.2 Å². The van der Waals surface area contributed by atoms with Crippen molar-refractivity contribution in [2.75, 3.05) is 0 Å². The quantitative estimate of drug-likeness (QED) is 0.563. The Morgan fingerprint density at radius 2 is 1.57 bits per heavy atom. The van der Waals surface area contributed by atoms with Gasteiger partial charge < -0.3 is 0 Å². The largest absolute Gasteiger partial charge is 0.279 e. The maximum atomic E-state index is 12.8. The molecular formula is C20H13N2O. The number of hydrogen-bond acceptors (Lipinski definition) is 2. The van der Waals surface area contributed by atoms with Crippen molar-refractivity contribution in [2.24, 2.45) is 0 Å². The molecule has 1 aromatic heterocycles. The van der Waals surface area contributed by atoms with Crippen LogP contribution in [0.15, 0.2) is 83.7 Å². The molecule has 23 heavy (non-hydrogen) atoms. The summed E-state index contributed by atoms with van der Waals surface area (Å²) < 4.78 is 1.46. The molecule has 0 spiro atoms. The van der Waals surface area contributed by atoms with Gasteiger partial charge in [-0.2, -0.15) is 9.78 Å². The molecule has 0 saturated heterocycles. The highest BCUT2D eigenvalue weighted by atomic mass is 16.1. The Kier molecular flexibility index (Phi) is 3.24. The monoisotopic (exact) mass is 297 g/mol. The summed E-state index contributed by atoms with van der Waals surface area (Å²) in [5.41, 5.74) is 2.36. The summed E-state index contributed by atoms with van der Waals surface area (Å²) in [6, 6.07) is 27.7. The first-order valence-corrected chi connectivity index (χ1v) is 7.38. The standard InChI is InChI=1S/C20H13N2O/c23-20-18-14-8-7-13-17(18)19(15-9-3-1-4-10-15)21-22(20)16-11-5-2-6-12-16/h1-3,5-14H. The number of para-hydroxylation sites is 1. The molecule has 0 bridgehead atoms. The second-order valence-corrected chi connectivity index (χ2v) is 5.24. The maximum absolute atomic E-state index is 12.8. The molecule has 0 saturated carbocycles. The van der Waals surface area contributed by atoms with E-state index in [1.54, 1.807) is 0 Å². The zero-order valence-electron chi connectivity index (χ0n) is 12.3. The normalized spacial score (nSPS) is 10.8. The summed E-state index contributed by atoms with van der Waals surface area (Å²) in [7, 11) is 0. The van der Waals surface area contributed by atoms with Gasteiger partial charge in [0, 0.05) is 10.9 Å². The molecule has 1 radical (unpaired) electrons. The molecule has 4 rings (SSSR count). The highest BCUT2D eigenvalue weighted by Crippen LogP contribution is 2.24. The Morgan fingerprint density at radius 1 is 0.826 bits per heavy atom. The molecule has 4 aromatic rings. The van der Waals surface area contributed by atoms with Crippen LogP contribution in [0, 0.1) is 6.07 Å². The third kappa shape index (κ3) is 2.32. The Morgan fingerprint density at radius 3 is 2.30 bits per heavy atom. The summed E-state index contributed by atoms with van der Waals surface area (Å²) in [6.45, 7) is 0. The summed E-state index contributed by atoms with van der Waals surface area (Å²) in [5, 5.41) is 6.13. The minimum Gasteiger partial charge on any atom is -0.267 e. The zero-order chi connectivity index (χ0) is 15.6. The molecule has 3 heteroatoms. The number of nitrogens with zero attached hydrogens (tertiary/aromatic N) is 2. The Bertz CT molecular complexity index is 1020. The molecule has 0 fully saturated rings. The SMILES string of the molecule is O=c1c2ccccc2c(-c2c[c]ccc2)nn1-c1ccccc1. The van der Waals surface area contributed by atoms with Gasteiger partial charge in [0.2, 0.25) is 0 Å². The van der Waals surface area contributed by atoms with Gasteiger partial charge in [-0.3, -0.25) is 4.79 Å². The first-order valence-electron chi connectivity index (χ1n) is 7.38. The number of benzene rings is 3. The van der Waals surface area contributed by atoms with Gasteiger partial charge >= 0.3 is 0 Å². The fourth-order valence-corrected chi connectivity index (χ4v) is 2.69. The lowest BCUT2D eigenvalue weighted by atomic mass is 10.1. The molecule has 3 nitrogen and oxygen atoms in total. The molecular weight excluding hydrogens is 284 g/mol. The van der Waals surface area contributed by atoms with Crippen LogP contribution in [0.25, 0.3) is 27.7 Å². The third-order valence-electron chi connectivity index (χ3n) is 3.79. The van der Waals surface area contributed by atoms with Gasteiger partial charge in [-0.25, -0.2) is 0 Å². The van der Waals surface area contributed by atoms with E-state index in [4.69, 9.17) is 0 Å². The van der Waals surface area contributed by atoms with E-state index >= 15 is 0 Å². The van der Waals surface area contributed by atoms with Gasteiger partial charge in [-0.1, -0.05) is 54.6 Å². The van der Waals surface area contributed by atoms with Crippen molar-refractivity contribution >= 4 is 10.8 Å². The zero-order valence-corrected chi connectivity index (χ0v) is 12.3. The molecule has 0 aliphatic carbocycles. The average molecular weight is 297 g/mol. The van der Waals surface area contributed by atoms with Crippen LogP contribution >= 0.6 is 0 Å². The lowest BCUT2D eigenvalue weighted by molar-refractivity contribution is 0.826. The van der Waals surface area contributed by atoms with Gasteiger partial charge in [-0.15, -0.1) is 0 Å². The second-order valence-electron chi connectivity index (χ2n) is 5.24. The molecule has 3 aromatic carbocycles. The highest BCUT2D eigenvalue weighted by molar-refractivity contribution is 5.93. The van der Waals surface area contributed by atoms with Crippen LogP contribution in [-0.4, -0.2) is 9.78 Å². The number of fused-ring (bicyclic) bond motifs is 1. The number of aromatic nitrogens is 2. The van der Waals surface area contributed by atoms with Gasteiger partial charge in [0.1, 0.15) is 0 Å². The molecule has 0 unspecified atom stereocenters. The topological polar surface area (TPSA) is 34.9 Å². The smallest absolute Gasteiger partial charge is 0.267 e. The van der Waals surface area contributed by atoms with Crippen LogP contribution in [0.1, 0.15) is 0 Å². The molecule has 0 atom stereocenters. The van der Waals surface area contributed by atoms with Crippen LogP contribution in [0.3, 0.4) is 0 Å². The van der Waals surface area contributed by atoms with E-state index in [9.17, 15) is 4.79 Å². The van der Waals surface area contributed by atoms with Crippen LogP contribution in [-0.2, 0) is 0 Å². The van der Waals surface area contributed by atoms with Crippen LogP contribution in [0.2, 0.25) is 0 Å². The molecule has 0 amide bonds. The summed E-state index contributed by atoms with van der Waals surface area (Å²) in [6.07, 6.45) is 0. The van der Waals surface area contributed by atoms with Crippen molar-refractivity contribution in [1.29, 1.82) is 0 Å². The van der Waals surface area contributed by atoms with Gasteiger partial charge in [-0.05, 0) is 30.3 Å². The van der Waals surface area contributed by atoms with Gasteiger partial charge in [0.05, 0.1) is 16.8 Å². The van der Waals surface area contributed by atoms with E-state index in [0.717, 1.165) is 22.3 Å². The van der Waals surface area contributed by atoms with Gasteiger partial charge in [0.15, 0.2) is 0 Å². The van der Waals surface area contributed by atoms with Crippen molar-refractivity contribution in [3.63, 3.8) is 0 Å².